The number of nitrogens with zero attached hydrogens (tertiary/aromatic N) is 1. The van der Waals surface area contributed by atoms with E-state index in [4.69, 9.17) is 15.2 Å². The van der Waals surface area contributed by atoms with Crippen LogP contribution in [0.1, 0.15) is 50.4 Å². The highest BCUT2D eigenvalue weighted by Gasteiger charge is 2.35. The van der Waals surface area contributed by atoms with Gasteiger partial charge >= 0.3 is 0 Å². The number of hydrogen-bond acceptors (Lipinski definition) is 4. The summed E-state index contributed by atoms with van der Waals surface area (Å²) in [5, 5.41) is 0. The topological polar surface area (TPSA) is 64.8 Å². The van der Waals surface area contributed by atoms with Crippen LogP contribution in [0.3, 0.4) is 0 Å². The molecule has 0 spiro atoms. The smallest absolute Gasteiger partial charge is 0.254 e. The molecule has 0 bridgehead atoms. The molecule has 5 nitrogen and oxygen atoms in total. The monoisotopic (exact) mass is 334 g/mol. The maximum absolute atomic E-state index is 12.8. The Hall–Kier alpha value is -1.75. The number of benzene rings is 1. The van der Waals surface area contributed by atoms with Gasteiger partial charge in [0, 0.05) is 18.7 Å². The third kappa shape index (κ3) is 4.41. The molecule has 1 unspecified atom stereocenters. The summed E-state index contributed by atoms with van der Waals surface area (Å²) in [4.78, 5) is 14.7. The first-order chi connectivity index (χ1) is 11.5. The highest BCUT2D eigenvalue weighted by atomic mass is 16.5. The first kappa shape index (κ1) is 18.6. The van der Waals surface area contributed by atoms with Crippen molar-refractivity contribution in [2.24, 2.45) is 11.1 Å². The molecule has 0 aliphatic carbocycles. The number of rotatable bonds is 8. The van der Waals surface area contributed by atoms with Crippen LogP contribution in [0.4, 0.5) is 0 Å². The van der Waals surface area contributed by atoms with Gasteiger partial charge in [-0.25, -0.2) is 0 Å². The molecule has 0 saturated carbocycles. The quantitative estimate of drug-likeness (QED) is 0.742. The lowest BCUT2D eigenvalue weighted by atomic mass is 9.90. The molecule has 24 heavy (non-hydrogen) atoms. The first-order valence-electron chi connectivity index (χ1n) is 8.92. The van der Waals surface area contributed by atoms with Crippen LogP contribution in [0.2, 0.25) is 0 Å². The van der Waals surface area contributed by atoms with Crippen LogP contribution in [0.25, 0.3) is 0 Å². The number of carbonyl (C=O) groups is 1. The van der Waals surface area contributed by atoms with Crippen LogP contribution >= 0.6 is 0 Å². The zero-order chi connectivity index (χ0) is 17.6. The number of unbranched alkanes of at least 4 members (excludes halogenated alkanes) is 1. The minimum Gasteiger partial charge on any atom is -0.490 e. The molecule has 2 N–H and O–H groups in total. The second-order valence-corrected chi connectivity index (χ2v) is 6.79. The Morgan fingerprint density at radius 3 is 2.71 bits per heavy atom. The van der Waals surface area contributed by atoms with Crippen molar-refractivity contribution in [1.29, 1.82) is 0 Å². The highest BCUT2D eigenvalue weighted by molar-refractivity contribution is 5.95. The standard InChI is InChI=1S/C19H30N2O3/c1-4-6-11-24-16-8-7-15(12-17(16)23-5-2)18(22)21-10-9-19(3,13-20)14-21/h7-8,12H,4-6,9-11,13-14,20H2,1-3H3. The number of likely N-dealkylation sites (tertiary alicyclic amines) is 1. The van der Waals surface area contributed by atoms with Crippen LogP contribution in [-0.4, -0.2) is 43.7 Å². The van der Waals surface area contributed by atoms with E-state index in [0.717, 1.165) is 25.8 Å². The number of amides is 1. The zero-order valence-corrected chi connectivity index (χ0v) is 15.1. The summed E-state index contributed by atoms with van der Waals surface area (Å²) in [6, 6.07) is 5.46. The molecule has 2 rings (SSSR count). The number of carbonyl (C=O) groups excluding carboxylic acids is 1. The molecule has 1 aromatic rings. The predicted octanol–water partition coefficient (Wildman–Crippen LogP) is 3.08. The van der Waals surface area contributed by atoms with E-state index >= 15 is 0 Å². The molecule has 1 heterocycles. The van der Waals surface area contributed by atoms with E-state index in [-0.39, 0.29) is 11.3 Å². The zero-order valence-electron chi connectivity index (χ0n) is 15.1. The number of hydrogen-bond donors (Lipinski definition) is 1. The Morgan fingerprint density at radius 1 is 1.29 bits per heavy atom. The lowest BCUT2D eigenvalue weighted by Crippen LogP contribution is -2.34. The Labute approximate surface area is 145 Å². The van der Waals surface area contributed by atoms with Crippen LogP contribution in [0, 0.1) is 5.41 Å². The Morgan fingerprint density at radius 2 is 2.08 bits per heavy atom. The van der Waals surface area contributed by atoms with E-state index in [9.17, 15) is 4.79 Å². The van der Waals surface area contributed by atoms with Gasteiger partial charge in [-0.05, 0) is 49.9 Å². The molecule has 1 aliphatic rings. The third-order valence-electron chi connectivity index (χ3n) is 4.58. The minimum absolute atomic E-state index is 0.0294. The maximum Gasteiger partial charge on any atom is 0.254 e. The molecule has 0 radical (unpaired) electrons. The van der Waals surface area contributed by atoms with Gasteiger partial charge in [-0.1, -0.05) is 20.3 Å². The fourth-order valence-electron chi connectivity index (χ4n) is 2.90. The second-order valence-electron chi connectivity index (χ2n) is 6.79. The molecule has 134 valence electrons. The summed E-state index contributed by atoms with van der Waals surface area (Å²) >= 11 is 0. The third-order valence-corrected chi connectivity index (χ3v) is 4.58. The van der Waals surface area contributed by atoms with Crippen molar-refractivity contribution in [3.8, 4) is 11.5 Å². The summed E-state index contributed by atoms with van der Waals surface area (Å²) in [6.45, 7) is 9.45. The molecule has 1 aromatic carbocycles. The van der Waals surface area contributed by atoms with Gasteiger partial charge in [0.05, 0.1) is 13.2 Å². The van der Waals surface area contributed by atoms with Crippen molar-refractivity contribution in [3.05, 3.63) is 23.8 Å². The van der Waals surface area contributed by atoms with Crippen molar-refractivity contribution < 1.29 is 14.3 Å². The van der Waals surface area contributed by atoms with Crippen molar-refractivity contribution in [1.82, 2.24) is 4.90 Å². The van der Waals surface area contributed by atoms with Gasteiger partial charge in [-0.3, -0.25) is 4.79 Å². The van der Waals surface area contributed by atoms with Crippen LogP contribution in [0.15, 0.2) is 18.2 Å². The van der Waals surface area contributed by atoms with Gasteiger partial charge in [0.25, 0.3) is 5.91 Å². The summed E-state index contributed by atoms with van der Waals surface area (Å²) in [7, 11) is 0. The molecular formula is C19H30N2O3. The molecule has 1 aliphatic heterocycles. The highest BCUT2D eigenvalue weighted by Crippen LogP contribution is 2.32. The SMILES string of the molecule is CCCCOc1ccc(C(=O)N2CCC(C)(CN)C2)cc1OCC. The molecular weight excluding hydrogens is 304 g/mol. The minimum atomic E-state index is 0.0294. The van der Waals surface area contributed by atoms with E-state index in [1.54, 1.807) is 6.07 Å². The number of ether oxygens (including phenoxy) is 2. The van der Waals surface area contributed by atoms with Crippen molar-refractivity contribution in [2.75, 3.05) is 32.8 Å². The van der Waals surface area contributed by atoms with Gasteiger partial charge in [0.1, 0.15) is 0 Å². The Kier molecular flexibility index (Phi) is 6.49. The van der Waals surface area contributed by atoms with Crippen LogP contribution < -0.4 is 15.2 Å². The average Bonchev–Trinajstić information content (AvgIpc) is 2.99. The fraction of sp³-hybridized carbons (Fsp3) is 0.632. The molecule has 1 fully saturated rings. The molecule has 1 atom stereocenters. The largest absolute Gasteiger partial charge is 0.490 e. The van der Waals surface area contributed by atoms with Crippen molar-refractivity contribution >= 4 is 5.91 Å². The molecule has 1 saturated heterocycles. The fourth-order valence-corrected chi connectivity index (χ4v) is 2.90. The van der Waals surface area contributed by atoms with Gasteiger partial charge in [-0.2, -0.15) is 0 Å². The van der Waals surface area contributed by atoms with Gasteiger partial charge in [0.15, 0.2) is 11.5 Å². The Balaban J connectivity index is 2.12. The summed E-state index contributed by atoms with van der Waals surface area (Å²) in [6.07, 6.45) is 3.03. The van der Waals surface area contributed by atoms with E-state index in [2.05, 4.69) is 13.8 Å². The molecule has 5 heteroatoms. The Bertz CT molecular complexity index is 562. The summed E-state index contributed by atoms with van der Waals surface area (Å²) in [5.74, 6) is 1.38. The summed E-state index contributed by atoms with van der Waals surface area (Å²) in [5.41, 5.74) is 6.51. The lowest BCUT2D eigenvalue weighted by Gasteiger charge is -2.23. The maximum atomic E-state index is 12.8. The van der Waals surface area contributed by atoms with Crippen molar-refractivity contribution in [3.63, 3.8) is 0 Å². The lowest BCUT2D eigenvalue weighted by molar-refractivity contribution is 0.0776. The predicted molar refractivity (Wildman–Crippen MR) is 95.7 cm³/mol. The second kappa shape index (κ2) is 8.38. The van der Waals surface area contributed by atoms with Crippen molar-refractivity contribution in [2.45, 2.75) is 40.0 Å². The van der Waals surface area contributed by atoms with E-state index in [1.807, 2.05) is 24.0 Å². The normalized spacial score (nSPS) is 20.2. The first-order valence-corrected chi connectivity index (χ1v) is 8.92. The van der Waals surface area contributed by atoms with E-state index < -0.39 is 0 Å². The average molecular weight is 334 g/mol. The van der Waals surface area contributed by atoms with Gasteiger partial charge < -0.3 is 20.1 Å². The molecule has 1 amide bonds. The van der Waals surface area contributed by atoms with Crippen LogP contribution in [0.5, 0.6) is 11.5 Å². The summed E-state index contributed by atoms with van der Waals surface area (Å²) < 4.78 is 11.4. The van der Waals surface area contributed by atoms with Gasteiger partial charge in [0.2, 0.25) is 0 Å². The number of nitrogens with two attached hydrogens (primary N) is 1. The van der Waals surface area contributed by atoms with Crippen LogP contribution in [-0.2, 0) is 0 Å². The molecule has 0 aromatic heterocycles. The van der Waals surface area contributed by atoms with E-state index in [1.165, 1.54) is 0 Å². The van der Waals surface area contributed by atoms with E-state index in [0.29, 0.717) is 43.4 Å². The van der Waals surface area contributed by atoms with Gasteiger partial charge in [-0.15, -0.1) is 0 Å².